The van der Waals surface area contributed by atoms with E-state index >= 15 is 0 Å². The van der Waals surface area contributed by atoms with Crippen LogP contribution in [0.15, 0.2) is 78.9 Å². The maximum Gasteiger partial charge on any atom is 0.251 e. The van der Waals surface area contributed by atoms with Gasteiger partial charge in [-0.15, -0.1) is 0 Å². The number of carbonyl (C=O) groups is 1. The van der Waals surface area contributed by atoms with Crippen molar-refractivity contribution in [1.82, 2.24) is 5.32 Å². The molecular formula is C23H21NO2. The molecule has 1 heterocycles. The highest BCUT2D eigenvalue weighted by atomic mass is 16.5. The van der Waals surface area contributed by atoms with E-state index in [4.69, 9.17) is 4.74 Å². The van der Waals surface area contributed by atoms with Crippen LogP contribution in [0, 0.1) is 0 Å². The Morgan fingerprint density at radius 3 is 2.50 bits per heavy atom. The third kappa shape index (κ3) is 3.62. The van der Waals surface area contributed by atoms with Gasteiger partial charge in [-0.25, -0.2) is 0 Å². The van der Waals surface area contributed by atoms with E-state index in [2.05, 4.69) is 23.5 Å². The SMILES string of the molecule is O=C(NCC1Cc2ccccc2O1)c1ccccc1Cc1ccccc1. The molecule has 1 aliphatic rings. The minimum absolute atomic E-state index is 0.00219. The number of carbonyl (C=O) groups excluding carboxylic acids is 1. The lowest BCUT2D eigenvalue weighted by Gasteiger charge is -2.14. The van der Waals surface area contributed by atoms with E-state index in [-0.39, 0.29) is 12.0 Å². The van der Waals surface area contributed by atoms with Crippen molar-refractivity contribution in [3.63, 3.8) is 0 Å². The lowest BCUT2D eigenvalue weighted by atomic mass is 9.99. The number of benzene rings is 3. The second-order valence-corrected chi connectivity index (χ2v) is 6.58. The molecule has 0 saturated carbocycles. The molecule has 26 heavy (non-hydrogen) atoms. The molecule has 0 spiro atoms. The number of amides is 1. The lowest BCUT2D eigenvalue weighted by Crippen LogP contribution is -2.34. The molecule has 0 bridgehead atoms. The fraction of sp³-hybridized carbons (Fsp3) is 0.174. The van der Waals surface area contributed by atoms with E-state index in [1.165, 1.54) is 11.1 Å². The largest absolute Gasteiger partial charge is 0.488 e. The number of nitrogens with one attached hydrogen (secondary N) is 1. The van der Waals surface area contributed by atoms with Gasteiger partial charge in [0.2, 0.25) is 0 Å². The second kappa shape index (κ2) is 7.44. The Balaban J connectivity index is 1.41. The topological polar surface area (TPSA) is 38.3 Å². The van der Waals surface area contributed by atoms with Crippen molar-refractivity contribution < 1.29 is 9.53 Å². The van der Waals surface area contributed by atoms with Gasteiger partial charge in [0, 0.05) is 12.0 Å². The number of fused-ring (bicyclic) bond motifs is 1. The zero-order chi connectivity index (χ0) is 17.8. The Labute approximate surface area is 153 Å². The first-order valence-electron chi connectivity index (χ1n) is 8.94. The van der Waals surface area contributed by atoms with Crippen molar-refractivity contribution in [3.8, 4) is 5.75 Å². The predicted molar refractivity (Wildman–Crippen MR) is 103 cm³/mol. The summed E-state index contributed by atoms with van der Waals surface area (Å²) < 4.78 is 5.90. The van der Waals surface area contributed by atoms with Crippen molar-refractivity contribution >= 4 is 5.91 Å². The number of hydrogen-bond donors (Lipinski definition) is 1. The summed E-state index contributed by atoms with van der Waals surface area (Å²) in [4.78, 5) is 12.7. The molecule has 1 aliphatic heterocycles. The first kappa shape index (κ1) is 16.4. The monoisotopic (exact) mass is 343 g/mol. The standard InChI is InChI=1S/C23H21NO2/c25-23(24-16-20-15-19-11-5-7-13-22(19)26-20)21-12-6-4-10-18(21)14-17-8-2-1-3-9-17/h1-13,20H,14-16H2,(H,24,25). The number of hydrogen-bond acceptors (Lipinski definition) is 2. The third-order valence-electron chi connectivity index (χ3n) is 4.70. The minimum atomic E-state index is -0.0453. The van der Waals surface area contributed by atoms with Gasteiger partial charge >= 0.3 is 0 Å². The summed E-state index contributed by atoms with van der Waals surface area (Å²) in [5.74, 6) is 0.882. The van der Waals surface area contributed by atoms with Crippen molar-refractivity contribution in [2.75, 3.05) is 6.54 Å². The molecule has 0 saturated heterocycles. The fourth-order valence-corrected chi connectivity index (χ4v) is 3.38. The van der Waals surface area contributed by atoms with Crippen LogP contribution in [-0.2, 0) is 12.8 Å². The van der Waals surface area contributed by atoms with Crippen molar-refractivity contribution in [3.05, 3.63) is 101 Å². The van der Waals surface area contributed by atoms with Crippen LogP contribution in [0.5, 0.6) is 5.75 Å². The van der Waals surface area contributed by atoms with Crippen LogP contribution < -0.4 is 10.1 Å². The van der Waals surface area contributed by atoms with Crippen LogP contribution in [0.1, 0.15) is 27.0 Å². The summed E-state index contributed by atoms with van der Waals surface area (Å²) in [5.41, 5.74) is 4.16. The smallest absolute Gasteiger partial charge is 0.251 e. The molecule has 4 rings (SSSR count). The molecule has 3 aromatic carbocycles. The molecule has 1 atom stereocenters. The van der Waals surface area contributed by atoms with Gasteiger partial charge < -0.3 is 10.1 Å². The van der Waals surface area contributed by atoms with Crippen LogP contribution in [0.4, 0.5) is 0 Å². The zero-order valence-corrected chi connectivity index (χ0v) is 14.5. The Hall–Kier alpha value is -3.07. The average molecular weight is 343 g/mol. The summed E-state index contributed by atoms with van der Waals surface area (Å²) in [6.07, 6.45) is 1.58. The zero-order valence-electron chi connectivity index (χ0n) is 14.5. The molecule has 1 N–H and O–H groups in total. The molecule has 0 aliphatic carbocycles. The van der Waals surface area contributed by atoms with Gasteiger partial charge in [0.25, 0.3) is 5.91 Å². The van der Waals surface area contributed by atoms with Crippen LogP contribution in [-0.4, -0.2) is 18.6 Å². The molecular weight excluding hydrogens is 322 g/mol. The van der Waals surface area contributed by atoms with Crippen LogP contribution in [0.25, 0.3) is 0 Å². The first-order chi connectivity index (χ1) is 12.8. The Bertz CT molecular complexity index is 880. The van der Waals surface area contributed by atoms with E-state index in [1.807, 2.05) is 60.7 Å². The summed E-state index contributed by atoms with van der Waals surface area (Å²) in [6, 6.07) is 26.0. The molecule has 1 amide bonds. The Morgan fingerprint density at radius 2 is 1.65 bits per heavy atom. The molecule has 3 nitrogen and oxygen atoms in total. The summed E-state index contributed by atoms with van der Waals surface area (Å²) in [5, 5.41) is 3.04. The van der Waals surface area contributed by atoms with Gasteiger partial charge in [-0.3, -0.25) is 4.79 Å². The van der Waals surface area contributed by atoms with Crippen molar-refractivity contribution in [1.29, 1.82) is 0 Å². The van der Waals surface area contributed by atoms with Crippen LogP contribution in [0.2, 0.25) is 0 Å². The molecule has 3 heteroatoms. The van der Waals surface area contributed by atoms with Gasteiger partial charge in [-0.2, -0.15) is 0 Å². The fourth-order valence-electron chi connectivity index (χ4n) is 3.38. The molecule has 3 aromatic rings. The molecule has 130 valence electrons. The third-order valence-corrected chi connectivity index (χ3v) is 4.70. The van der Waals surface area contributed by atoms with Crippen molar-refractivity contribution in [2.45, 2.75) is 18.9 Å². The lowest BCUT2D eigenvalue weighted by molar-refractivity contribution is 0.0932. The van der Waals surface area contributed by atoms with E-state index < -0.39 is 0 Å². The highest BCUT2D eigenvalue weighted by Crippen LogP contribution is 2.27. The maximum absolute atomic E-state index is 12.7. The summed E-state index contributed by atoms with van der Waals surface area (Å²) >= 11 is 0. The van der Waals surface area contributed by atoms with Gasteiger partial charge in [-0.05, 0) is 35.2 Å². The highest BCUT2D eigenvalue weighted by molar-refractivity contribution is 5.95. The van der Waals surface area contributed by atoms with Crippen LogP contribution >= 0.6 is 0 Å². The van der Waals surface area contributed by atoms with Crippen LogP contribution in [0.3, 0.4) is 0 Å². The molecule has 0 aromatic heterocycles. The molecule has 0 radical (unpaired) electrons. The maximum atomic E-state index is 12.7. The number of ether oxygens (including phenoxy) is 1. The number of para-hydroxylation sites is 1. The summed E-state index contributed by atoms with van der Waals surface area (Å²) in [6.45, 7) is 0.507. The van der Waals surface area contributed by atoms with E-state index in [1.54, 1.807) is 0 Å². The normalized spacial score (nSPS) is 15.2. The van der Waals surface area contributed by atoms with E-state index in [0.29, 0.717) is 6.54 Å². The Kier molecular flexibility index (Phi) is 4.69. The minimum Gasteiger partial charge on any atom is -0.488 e. The second-order valence-electron chi connectivity index (χ2n) is 6.58. The van der Waals surface area contributed by atoms with Gasteiger partial charge in [0.15, 0.2) is 0 Å². The molecule has 1 unspecified atom stereocenters. The van der Waals surface area contributed by atoms with Gasteiger partial charge in [-0.1, -0.05) is 66.7 Å². The first-order valence-corrected chi connectivity index (χ1v) is 8.94. The molecule has 0 fully saturated rings. The Morgan fingerprint density at radius 1 is 0.923 bits per heavy atom. The van der Waals surface area contributed by atoms with Gasteiger partial charge in [0.05, 0.1) is 6.54 Å². The highest BCUT2D eigenvalue weighted by Gasteiger charge is 2.23. The average Bonchev–Trinajstić information content (AvgIpc) is 3.10. The quantitative estimate of drug-likeness (QED) is 0.760. The van der Waals surface area contributed by atoms with Gasteiger partial charge in [0.1, 0.15) is 11.9 Å². The van der Waals surface area contributed by atoms with E-state index in [9.17, 15) is 4.79 Å². The van der Waals surface area contributed by atoms with Crippen molar-refractivity contribution in [2.24, 2.45) is 0 Å². The predicted octanol–water partition coefficient (Wildman–Crippen LogP) is 4.01. The van der Waals surface area contributed by atoms with E-state index in [0.717, 1.165) is 29.7 Å². The summed E-state index contributed by atoms with van der Waals surface area (Å²) in [7, 11) is 0. The number of rotatable bonds is 5.